The van der Waals surface area contributed by atoms with Crippen molar-refractivity contribution in [3.05, 3.63) is 38.9 Å². The summed E-state index contributed by atoms with van der Waals surface area (Å²) in [5, 5.41) is 10.6. The molecule has 76 valence electrons. The largest absolute Gasteiger partial charge is 0.327 e. The molecule has 0 aromatic heterocycles. The second kappa shape index (κ2) is 4.34. The molecule has 0 aliphatic carbocycles. The van der Waals surface area contributed by atoms with Gasteiger partial charge in [0.1, 0.15) is 6.17 Å². The van der Waals surface area contributed by atoms with Crippen molar-refractivity contribution in [3.8, 4) is 0 Å². The quantitative estimate of drug-likeness (QED) is 0.625. The van der Waals surface area contributed by atoms with E-state index in [-0.39, 0.29) is 22.8 Å². The van der Waals surface area contributed by atoms with Crippen molar-refractivity contribution >= 4 is 17.3 Å². The summed E-state index contributed by atoms with van der Waals surface area (Å²) >= 11 is 5.65. The molecule has 2 N–H and O–H groups in total. The number of halogens is 2. The average molecular weight is 219 g/mol. The van der Waals surface area contributed by atoms with Crippen LogP contribution in [0.15, 0.2) is 18.2 Å². The fraction of sp³-hybridized carbons (Fsp3) is 0.250. The number of alkyl halides is 1. The van der Waals surface area contributed by atoms with E-state index in [0.29, 0.717) is 0 Å². The van der Waals surface area contributed by atoms with E-state index in [1.54, 1.807) is 0 Å². The number of benzene rings is 1. The minimum absolute atomic E-state index is 0.0251. The van der Waals surface area contributed by atoms with Crippen LogP contribution in [0.5, 0.6) is 0 Å². The van der Waals surface area contributed by atoms with Crippen LogP contribution in [0.3, 0.4) is 0 Å². The molecular formula is C8H8ClFN2O2. The number of nitro benzene ring substituents is 1. The molecule has 0 saturated carbocycles. The third-order valence-corrected chi connectivity index (χ3v) is 2.08. The molecule has 6 heteroatoms. The van der Waals surface area contributed by atoms with Gasteiger partial charge in [0.25, 0.3) is 5.69 Å². The lowest BCUT2D eigenvalue weighted by atomic mass is 10.1. The predicted octanol–water partition coefficient (Wildman–Crippen LogP) is 2.22. The van der Waals surface area contributed by atoms with Gasteiger partial charge in [-0.25, -0.2) is 4.39 Å². The first-order valence-electron chi connectivity index (χ1n) is 3.85. The normalized spacial score (nSPS) is 12.5. The Labute approximate surface area is 84.6 Å². The van der Waals surface area contributed by atoms with E-state index in [2.05, 4.69) is 0 Å². The summed E-state index contributed by atoms with van der Waals surface area (Å²) in [7, 11) is 0. The molecule has 0 aliphatic heterocycles. The van der Waals surface area contributed by atoms with Crippen molar-refractivity contribution in [2.24, 2.45) is 5.73 Å². The van der Waals surface area contributed by atoms with Crippen molar-refractivity contribution in [3.63, 3.8) is 0 Å². The zero-order valence-electron chi connectivity index (χ0n) is 7.11. The van der Waals surface area contributed by atoms with Crippen LogP contribution in [-0.2, 0) is 0 Å². The molecule has 1 aromatic rings. The van der Waals surface area contributed by atoms with E-state index in [4.69, 9.17) is 17.3 Å². The number of hydrogen-bond acceptors (Lipinski definition) is 3. The summed E-state index contributed by atoms with van der Waals surface area (Å²) in [6, 6.07) is 3.99. The van der Waals surface area contributed by atoms with Crippen LogP contribution in [0.25, 0.3) is 0 Å². The Bertz CT molecular complexity index is 359. The molecule has 0 bridgehead atoms. The van der Waals surface area contributed by atoms with Gasteiger partial charge in [0.05, 0.1) is 15.5 Å². The molecule has 4 nitrogen and oxygen atoms in total. The maximum absolute atomic E-state index is 13.2. The van der Waals surface area contributed by atoms with Crippen LogP contribution in [0.4, 0.5) is 10.1 Å². The molecule has 14 heavy (non-hydrogen) atoms. The molecule has 0 spiro atoms. The minimum atomic E-state index is -1.61. The van der Waals surface area contributed by atoms with E-state index in [1.165, 1.54) is 18.2 Å². The van der Waals surface area contributed by atoms with Gasteiger partial charge in [-0.2, -0.15) is 0 Å². The number of hydrogen-bond donors (Lipinski definition) is 1. The van der Waals surface area contributed by atoms with E-state index in [1.807, 2.05) is 0 Å². The third kappa shape index (κ3) is 2.00. The minimum Gasteiger partial charge on any atom is -0.327 e. The smallest absolute Gasteiger partial charge is 0.277 e. The van der Waals surface area contributed by atoms with Gasteiger partial charge >= 0.3 is 0 Å². The molecule has 1 aromatic carbocycles. The van der Waals surface area contributed by atoms with Crippen LogP contribution in [-0.4, -0.2) is 11.5 Å². The Morgan fingerprint density at radius 1 is 1.64 bits per heavy atom. The Morgan fingerprint density at radius 3 is 2.79 bits per heavy atom. The van der Waals surface area contributed by atoms with Crippen LogP contribution < -0.4 is 5.73 Å². The maximum atomic E-state index is 13.2. The first-order chi connectivity index (χ1) is 6.57. The molecule has 1 rings (SSSR count). The second-order valence-corrected chi connectivity index (χ2v) is 3.04. The van der Waals surface area contributed by atoms with Gasteiger partial charge in [-0.3, -0.25) is 10.1 Å². The summed E-state index contributed by atoms with van der Waals surface area (Å²) in [5.41, 5.74) is 4.60. The van der Waals surface area contributed by atoms with Crippen molar-refractivity contribution in [2.75, 3.05) is 6.54 Å². The summed E-state index contributed by atoms with van der Waals surface area (Å²) in [6.07, 6.45) is -1.61. The summed E-state index contributed by atoms with van der Waals surface area (Å²) in [6.45, 7) is -0.329. The Morgan fingerprint density at radius 2 is 2.29 bits per heavy atom. The highest BCUT2D eigenvalue weighted by Crippen LogP contribution is 2.33. The van der Waals surface area contributed by atoms with Crippen molar-refractivity contribution in [1.82, 2.24) is 0 Å². The Balaban J connectivity index is 3.29. The van der Waals surface area contributed by atoms with Gasteiger partial charge in [0, 0.05) is 12.6 Å². The molecular weight excluding hydrogens is 211 g/mol. The molecule has 0 radical (unpaired) electrons. The van der Waals surface area contributed by atoms with Crippen LogP contribution >= 0.6 is 11.6 Å². The van der Waals surface area contributed by atoms with Crippen LogP contribution in [0.2, 0.25) is 5.02 Å². The van der Waals surface area contributed by atoms with E-state index < -0.39 is 11.1 Å². The van der Waals surface area contributed by atoms with Gasteiger partial charge in [-0.15, -0.1) is 0 Å². The maximum Gasteiger partial charge on any atom is 0.277 e. The number of nitrogens with two attached hydrogens (primary N) is 1. The highest BCUT2D eigenvalue weighted by atomic mass is 35.5. The molecule has 1 atom stereocenters. The van der Waals surface area contributed by atoms with E-state index >= 15 is 0 Å². The van der Waals surface area contributed by atoms with E-state index in [0.717, 1.165) is 0 Å². The van der Waals surface area contributed by atoms with Crippen molar-refractivity contribution in [1.29, 1.82) is 0 Å². The first-order valence-corrected chi connectivity index (χ1v) is 4.22. The number of nitro groups is 1. The number of rotatable bonds is 3. The van der Waals surface area contributed by atoms with Gasteiger partial charge in [-0.05, 0) is 6.07 Å². The van der Waals surface area contributed by atoms with E-state index in [9.17, 15) is 14.5 Å². The average Bonchev–Trinajstić information content (AvgIpc) is 2.16. The molecule has 0 amide bonds. The fourth-order valence-electron chi connectivity index (χ4n) is 1.11. The lowest BCUT2D eigenvalue weighted by Crippen LogP contribution is -2.10. The van der Waals surface area contributed by atoms with Gasteiger partial charge in [0.15, 0.2) is 0 Å². The summed E-state index contributed by atoms with van der Waals surface area (Å²) in [5.74, 6) is 0. The summed E-state index contributed by atoms with van der Waals surface area (Å²) < 4.78 is 13.2. The fourth-order valence-corrected chi connectivity index (χ4v) is 1.40. The summed E-state index contributed by atoms with van der Waals surface area (Å²) in [4.78, 5) is 9.86. The molecule has 1 unspecified atom stereocenters. The van der Waals surface area contributed by atoms with Gasteiger partial charge in [0.2, 0.25) is 0 Å². The lowest BCUT2D eigenvalue weighted by Gasteiger charge is -2.07. The monoisotopic (exact) mass is 218 g/mol. The first kappa shape index (κ1) is 10.9. The van der Waals surface area contributed by atoms with Gasteiger partial charge < -0.3 is 5.73 Å². The highest BCUT2D eigenvalue weighted by molar-refractivity contribution is 6.31. The van der Waals surface area contributed by atoms with Gasteiger partial charge in [-0.1, -0.05) is 17.7 Å². The number of nitrogens with zero attached hydrogens (tertiary/aromatic N) is 1. The zero-order valence-corrected chi connectivity index (χ0v) is 7.87. The molecule has 0 heterocycles. The molecule has 0 saturated heterocycles. The van der Waals surface area contributed by atoms with Crippen molar-refractivity contribution < 1.29 is 9.31 Å². The Hall–Kier alpha value is -1.20. The van der Waals surface area contributed by atoms with Crippen molar-refractivity contribution in [2.45, 2.75) is 6.17 Å². The Kier molecular flexibility index (Phi) is 3.38. The SMILES string of the molecule is NCC(F)c1c(Cl)cccc1[N+](=O)[O-]. The van der Waals surface area contributed by atoms with Crippen LogP contribution in [0.1, 0.15) is 11.7 Å². The zero-order chi connectivity index (χ0) is 10.7. The molecule has 0 fully saturated rings. The second-order valence-electron chi connectivity index (χ2n) is 2.63. The topological polar surface area (TPSA) is 69.2 Å². The third-order valence-electron chi connectivity index (χ3n) is 1.75. The predicted molar refractivity (Wildman–Crippen MR) is 51.0 cm³/mol. The molecule has 0 aliphatic rings. The standard InChI is InChI=1S/C8H8ClFN2O2/c9-5-2-1-3-7(12(13)14)8(5)6(10)4-11/h1-3,6H,4,11H2. The lowest BCUT2D eigenvalue weighted by molar-refractivity contribution is -0.386. The van der Waals surface area contributed by atoms with Crippen LogP contribution in [0, 0.1) is 10.1 Å². The highest BCUT2D eigenvalue weighted by Gasteiger charge is 2.23.